The Labute approximate surface area is 129 Å². The van der Waals surface area contributed by atoms with Gasteiger partial charge in [0.15, 0.2) is 0 Å². The van der Waals surface area contributed by atoms with Crippen LogP contribution in [0.2, 0.25) is 0 Å². The van der Waals surface area contributed by atoms with Gasteiger partial charge >= 0.3 is 0 Å². The molecular weight excluding hydrogens is 308 g/mol. The van der Waals surface area contributed by atoms with E-state index in [-0.39, 0.29) is 12.0 Å². The van der Waals surface area contributed by atoms with E-state index >= 15 is 0 Å². The van der Waals surface area contributed by atoms with Crippen LogP contribution in [0.25, 0.3) is 10.8 Å². The summed E-state index contributed by atoms with van der Waals surface area (Å²) in [5.41, 5.74) is 0. The van der Waals surface area contributed by atoms with Crippen molar-refractivity contribution >= 4 is 32.4 Å². The van der Waals surface area contributed by atoms with Crippen molar-refractivity contribution in [3.63, 3.8) is 0 Å². The molecule has 6 heteroatoms. The summed E-state index contributed by atoms with van der Waals surface area (Å²) < 4.78 is 27.6. The molecule has 1 aromatic heterocycles. The molecule has 1 aliphatic rings. The fraction of sp³-hybridized carbons (Fsp3) is 0.400. The number of fused-ring (bicyclic) bond motifs is 1. The maximum absolute atomic E-state index is 13.0. The van der Waals surface area contributed by atoms with Gasteiger partial charge < -0.3 is 0 Å². The molecule has 2 unspecified atom stereocenters. The van der Waals surface area contributed by atoms with Crippen molar-refractivity contribution in [3.8, 4) is 0 Å². The standard InChI is InChI=1S/C15H17ClN2O2S/c1-11-6-8-18(14(11)9-16)21(19,20)15-4-2-3-12-10-17-7-5-13(12)15/h2-5,7,10-11,14H,6,8-9H2,1H3. The van der Waals surface area contributed by atoms with Crippen molar-refractivity contribution in [2.45, 2.75) is 24.3 Å². The van der Waals surface area contributed by atoms with Crippen LogP contribution in [0, 0.1) is 5.92 Å². The predicted molar refractivity (Wildman–Crippen MR) is 83.9 cm³/mol. The van der Waals surface area contributed by atoms with Crippen LogP contribution in [0.1, 0.15) is 13.3 Å². The first kappa shape index (κ1) is 14.8. The zero-order chi connectivity index (χ0) is 15.0. The highest BCUT2D eigenvalue weighted by atomic mass is 35.5. The number of alkyl halides is 1. The van der Waals surface area contributed by atoms with Gasteiger partial charge in [0.25, 0.3) is 0 Å². The van der Waals surface area contributed by atoms with Crippen LogP contribution in [0.15, 0.2) is 41.6 Å². The molecule has 21 heavy (non-hydrogen) atoms. The summed E-state index contributed by atoms with van der Waals surface area (Å²) in [4.78, 5) is 4.39. The number of hydrogen-bond donors (Lipinski definition) is 0. The lowest BCUT2D eigenvalue weighted by atomic mass is 10.1. The Morgan fingerprint density at radius 1 is 1.38 bits per heavy atom. The van der Waals surface area contributed by atoms with E-state index < -0.39 is 10.0 Å². The lowest BCUT2D eigenvalue weighted by Gasteiger charge is -2.25. The Morgan fingerprint density at radius 3 is 2.95 bits per heavy atom. The summed E-state index contributed by atoms with van der Waals surface area (Å²) in [6.07, 6.45) is 4.15. The normalized spacial score (nSPS) is 23.7. The van der Waals surface area contributed by atoms with Gasteiger partial charge in [0, 0.05) is 41.6 Å². The summed E-state index contributed by atoms with van der Waals surface area (Å²) in [5.74, 6) is 0.612. The molecule has 0 spiro atoms. The Bertz CT molecular complexity index is 758. The largest absolute Gasteiger partial charge is 0.264 e. The van der Waals surface area contributed by atoms with Crippen molar-refractivity contribution < 1.29 is 8.42 Å². The molecule has 1 aliphatic heterocycles. The quantitative estimate of drug-likeness (QED) is 0.816. The van der Waals surface area contributed by atoms with Crippen molar-refractivity contribution in [1.29, 1.82) is 0 Å². The van der Waals surface area contributed by atoms with Crippen molar-refractivity contribution in [2.75, 3.05) is 12.4 Å². The SMILES string of the molecule is CC1CCN(S(=O)(=O)c2cccc3cnccc23)C1CCl. The summed E-state index contributed by atoms with van der Waals surface area (Å²) in [7, 11) is -3.54. The van der Waals surface area contributed by atoms with Crippen LogP contribution in [-0.4, -0.2) is 36.2 Å². The van der Waals surface area contributed by atoms with Crippen LogP contribution in [0.4, 0.5) is 0 Å². The molecule has 2 aromatic rings. The summed E-state index contributed by atoms with van der Waals surface area (Å²) in [5, 5.41) is 1.54. The van der Waals surface area contributed by atoms with Gasteiger partial charge in [0.2, 0.25) is 10.0 Å². The third kappa shape index (κ3) is 2.43. The third-order valence-electron chi connectivity index (χ3n) is 4.22. The Hall–Kier alpha value is -1.17. The maximum atomic E-state index is 13.0. The molecule has 0 saturated carbocycles. The van der Waals surface area contributed by atoms with Crippen LogP contribution in [0.5, 0.6) is 0 Å². The van der Waals surface area contributed by atoms with Crippen molar-refractivity contribution in [2.24, 2.45) is 5.92 Å². The van der Waals surface area contributed by atoms with E-state index in [2.05, 4.69) is 11.9 Å². The third-order valence-corrected chi connectivity index (χ3v) is 6.52. The molecule has 1 aromatic carbocycles. The highest BCUT2D eigenvalue weighted by Crippen LogP contribution is 2.33. The monoisotopic (exact) mass is 324 g/mol. The van der Waals surface area contributed by atoms with Crippen LogP contribution < -0.4 is 0 Å². The highest BCUT2D eigenvalue weighted by molar-refractivity contribution is 7.89. The second-order valence-corrected chi connectivity index (χ2v) is 7.62. The van der Waals surface area contributed by atoms with Crippen molar-refractivity contribution in [3.05, 3.63) is 36.7 Å². The summed E-state index contributed by atoms with van der Waals surface area (Å²) >= 11 is 5.99. The van der Waals surface area contributed by atoms with Gasteiger partial charge in [-0.25, -0.2) is 8.42 Å². The molecule has 0 bridgehead atoms. The molecule has 0 amide bonds. The van der Waals surface area contributed by atoms with Crippen LogP contribution >= 0.6 is 11.6 Å². The molecule has 2 atom stereocenters. The number of nitrogens with zero attached hydrogens (tertiary/aromatic N) is 2. The number of aromatic nitrogens is 1. The van der Waals surface area contributed by atoms with E-state index in [0.717, 1.165) is 11.8 Å². The topological polar surface area (TPSA) is 50.3 Å². The van der Waals surface area contributed by atoms with Gasteiger partial charge in [0.1, 0.15) is 0 Å². The zero-order valence-electron chi connectivity index (χ0n) is 11.7. The minimum atomic E-state index is -3.54. The second kappa shape index (κ2) is 5.55. The molecule has 0 aliphatic carbocycles. The highest BCUT2D eigenvalue weighted by Gasteiger charge is 2.39. The molecule has 1 saturated heterocycles. The smallest absolute Gasteiger partial charge is 0.243 e. The van der Waals surface area contributed by atoms with Gasteiger partial charge in [0.05, 0.1) is 4.90 Å². The molecule has 2 heterocycles. The lowest BCUT2D eigenvalue weighted by Crippen LogP contribution is -2.38. The van der Waals surface area contributed by atoms with E-state index in [1.54, 1.807) is 34.9 Å². The molecule has 1 fully saturated rings. The summed E-state index contributed by atoms with van der Waals surface area (Å²) in [6.45, 7) is 2.58. The molecule has 0 radical (unpaired) electrons. The number of benzene rings is 1. The molecule has 4 nitrogen and oxygen atoms in total. The first-order chi connectivity index (χ1) is 10.1. The Kier molecular flexibility index (Phi) is 3.90. The average molecular weight is 325 g/mol. The van der Waals surface area contributed by atoms with Gasteiger partial charge in [-0.1, -0.05) is 19.1 Å². The van der Waals surface area contributed by atoms with E-state index in [1.165, 1.54) is 0 Å². The van der Waals surface area contributed by atoms with E-state index in [4.69, 9.17) is 11.6 Å². The van der Waals surface area contributed by atoms with Gasteiger partial charge in [-0.15, -0.1) is 11.6 Å². The molecule has 0 N–H and O–H groups in total. The lowest BCUT2D eigenvalue weighted by molar-refractivity contribution is 0.375. The fourth-order valence-corrected chi connectivity index (χ4v) is 5.45. The van der Waals surface area contributed by atoms with Gasteiger partial charge in [-0.05, 0) is 24.5 Å². The van der Waals surface area contributed by atoms with Crippen LogP contribution in [-0.2, 0) is 10.0 Å². The van der Waals surface area contributed by atoms with E-state index in [1.807, 2.05) is 6.07 Å². The fourth-order valence-electron chi connectivity index (χ4n) is 2.94. The summed E-state index contributed by atoms with van der Waals surface area (Å²) in [6, 6.07) is 6.90. The number of halogens is 1. The van der Waals surface area contributed by atoms with Gasteiger partial charge in [-0.2, -0.15) is 4.31 Å². The van der Waals surface area contributed by atoms with Crippen LogP contribution in [0.3, 0.4) is 0 Å². The van der Waals surface area contributed by atoms with E-state index in [9.17, 15) is 8.42 Å². The Morgan fingerprint density at radius 2 is 2.19 bits per heavy atom. The number of hydrogen-bond acceptors (Lipinski definition) is 3. The zero-order valence-corrected chi connectivity index (χ0v) is 13.3. The van der Waals surface area contributed by atoms with Gasteiger partial charge in [-0.3, -0.25) is 4.98 Å². The average Bonchev–Trinajstić information content (AvgIpc) is 2.88. The predicted octanol–water partition coefficient (Wildman–Crippen LogP) is 2.87. The molecule has 112 valence electrons. The van der Waals surface area contributed by atoms with Crippen molar-refractivity contribution in [1.82, 2.24) is 9.29 Å². The maximum Gasteiger partial charge on any atom is 0.243 e. The van der Waals surface area contributed by atoms with E-state index in [0.29, 0.717) is 22.7 Å². The minimum absolute atomic E-state index is 0.131. The number of sulfonamides is 1. The molecule has 3 rings (SSSR count). The number of rotatable bonds is 3. The minimum Gasteiger partial charge on any atom is -0.264 e. The first-order valence-electron chi connectivity index (χ1n) is 6.96. The second-order valence-electron chi connectivity index (χ2n) is 5.46. The molecular formula is C15H17ClN2O2S. The Balaban J connectivity index is 2.13. The number of pyridine rings is 1. The first-order valence-corrected chi connectivity index (χ1v) is 8.93.